The Balaban J connectivity index is 3.22. The summed E-state index contributed by atoms with van der Waals surface area (Å²) in [4.78, 5) is 11.5. The zero-order valence-corrected chi connectivity index (χ0v) is 9.00. The highest BCUT2D eigenvalue weighted by Gasteiger charge is 2.15. The van der Waals surface area contributed by atoms with Gasteiger partial charge in [0.25, 0.3) is 0 Å². The van der Waals surface area contributed by atoms with Crippen molar-refractivity contribution in [2.45, 2.75) is 19.9 Å². The van der Waals surface area contributed by atoms with Gasteiger partial charge in [0.1, 0.15) is 11.6 Å². The van der Waals surface area contributed by atoms with Crippen LogP contribution in [0.4, 0.5) is 4.39 Å². The number of halogens is 1. The van der Waals surface area contributed by atoms with Crippen molar-refractivity contribution in [2.75, 3.05) is 7.11 Å². The first-order valence-electron chi connectivity index (χ1n) is 4.61. The van der Waals surface area contributed by atoms with E-state index in [1.54, 1.807) is 13.8 Å². The molecule has 0 radical (unpaired) electrons. The van der Waals surface area contributed by atoms with Crippen LogP contribution in [0.5, 0.6) is 5.75 Å². The summed E-state index contributed by atoms with van der Waals surface area (Å²) in [7, 11) is 1.43. The van der Waals surface area contributed by atoms with Crippen molar-refractivity contribution in [3.8, 4) is 5.75 Å². The van der Waals surface area contributed by atoms with E-state index in [0.717, 1.165) is 0 Å². The molecule has 1 atom stereocenters. The molecule has 0 aliphatic rings. The smallest absolute Gasteiger partial charge is 0.179 e. The molecule has 1 aromatic carbocycles. The minimum absolute atomic E-state index is 0.241. The number of benzene rings is 1. The molecule has 3 nitrogen and oxygen atoms in total. The van der Waals surface area contributed by atoms with E-state index in [1.807, 2.05) is 0 Å². The van der Waals surface area contributed by atoms with Crippen LogP contribution in [0.1, 0.15) is 22.8 Å². The van der Waals surface area contributed by atoms with Crippen molar-refractivity contribution < 1.29 is 13.9 Å². The standard InChI is InChI=1S/C11H14FNO2/c1-6-9(12)4-8(5-10(6)15-3)11(14)7(2)13/h4-5,7H,13H2,1-3H3. The molecule has 1 rings (SSSR count). The maximum atomic E-state index is 13.4. The van der Waals surface area contributed by atoms with Crippen molar-refractivity contribution >= 4 is 5.78 Å². The fourth-order valence-corrected chi connectivity index (χ4v) is 1.27. The molecule has 0 amide bonds. The molecule has 82 valence electrons. The number of methoxy groups -OCH3 is 1. The van der Waals surface area contributed by atoms with Crippen LogP contribution in [-0.2, 0) is 0 Å². The zero-order chi connectivity index (χ0) is 11.6. The number of nitrogens with two attached hydrogens (primary N) is 1. The van der Waals surface area contributed by atoms with E-state index in [2.05, 4.69) is 0 Å². The topological polar surface area (TPSA) is 52.3 Å². The third kappa shape index (κ3) is 2.33. The third-order valence-electron chi connectivity index (χ3n) is 2.21. The molecule has 0 aromatic heterocycles. The maximum absolute atomic E-state index is 13.4. The quantitative estimate of drug-likeness (QED) is 0.774. The maximum Gasteiger partial charge on any atom is 0.179 e. The SMILES string of the molecule is COc1cc(C(=O)C(C)N)cc(F)c1C. The molecule has 0 saturated heterocycles. The normalized spacial score (nSPS) is 12.3. The van der Waals surface area contributed by atoms with Gasteiger partial charge < -0.3 is 10.5 Å². The number of carbonyl (C=O) groups excluding carboxylic acids is 1. The predicted octanol–water partition coefficient (Wildman–Crippen LogP) is 1.67. The summed E-state index contributed by atoms with van der Waals surface area (Å²) in [6.07, 6.45) is 0. The van der Waals surface area contributed by atoms with Gasteiger partial charge in [-0.15, -0.1) is 0 Å². The Morgan fingerprint density at radius 1 is 1.53 bits per heavy atom. The summed E-state index contributed by atoms with van der Waals surface area (Å²) in [6.45, 7) is 3.15. The van der Waals surface area contributed by atoms with Gasteiger partial charge in [-0.2, -0.15) is 0 Å². The molecule has 0 spiro atoms. The molecule has 0 aliphatic carbocycles. The number of ether oxygens (including phenoxy) is 1. The first kappa shape index (κ1) is 11.7. The van der Waals surface area contributed by atoms with Crippen LogP contribution in [0.3, 0.4) is 0 Å². The number of hydrogen-bond donors (Lipinski definition) is 1. The number of hydrogen-bond acceptors (Lipinski definition) is 3. The molecule has 4 heteroatoms. The Hall–Kier alpha value is -1.42. The lowest BCUT2D eigenvalue weighted by atomic mass is 10.0. The molecule has 0 fully saturated rings. The van der Waals surface area contributed by atoms with E-state index in [0.29, 0.717) is 11.3 Å². The average molecular weight is 211 g/mol. The Morgan fingerprint density at radius 2 is 2.13 bits per heavy atom. The molecular weight excluding hydrogens is 197 g/mol. The molecule has 2 N–H and O–H groups in total. The average Bonchev–Trinajstić information content (AvgIpc) is 2.20. The van der Waals surface area contributed by atoms with Gasteiger partial charge in [0, 0.05) is 11.1 Å². The Bertz CT molecular complexity index is 388. The zero-order valence-electron chi connectivity index (χ0n) is 9.00. The number of rotatable bonds is 3. The van der Waals surface area contributed by atoms with Crippen molar-refractivity contribution in [1.29, 1.82) is 0 Å². The number of ketones is 1. The summed E-state index contributed by atoms with van der Waals surface area (Å²) in [5, 5.41) is 0. The molecule has 1 aromatic rings. The summed E-state index contributed by atoms with van der Waals surface area (Å²) < 4.78 is 18.3. The van der Waals surface area contributed by atoms with E-state index >= 15 is 0 Å². The van der Waals surface area contributed by atoms with Crippen LogP contribution in [-0.4, -0.2) is 18.9 Å². The predicted molar refractivity (Wildman–Crippen MR) is 55.7 cm³/mol. The first-order chi connectivity index (χ1) is 6.97. The summed E-state index contributed by atoms with van der Waals surface area (Å²) in [6, 6.07) is 2.05. The fourth-order valence-electron chi connectivity index (χ4n) is 1.27. The Kier molecular flexibility index (Phi) is 3.42. The molecule has 0 aliphatic heterocycles. The minimum atomic E-state index is -0.642. The van der Waals surface area contributed by atoms with Crippen LogP contribution >= 0.6 is 0 Å². The first-order valence-corrected chi connectivity index (χ1v) is 4.61. The molecule has 1 unspecified atom stereocenters. The van der Waals surface area contributed by atoms with E-state index in [9.17, 15) is 9.18 Å². The molecule has 0 saturated carbocycles. The highest BCUT2D eigenvalue weighted by atomic mass is 19.1. The summed E-state index contributed by atoms with van der Waals surface area (Å²) in [5.41, 5.74) is 6.06. The van der Waals surface area contributed by atoms with E-state index in [-0.39, 0.29) is 11.3 Å². The second kappa shape index (κ2) is 4.40. The highest BCUT2D eigenvalue weighted by molar-refractivity contribution is 6.00. The molecule has 15 heavy (non-hydrogen) atoms. The van der Waals surface area contributed by atoms with Gasteiger partial charge in [-0.1, -0.05) is 0 Å². The lowest BCUT2D eigenvalue weighted by Crippen LogP contribution is -2.26. The minimum Gasteiger partial charge on any atom is -0.496 e. The van der Waals surface area contributed by atoms with Crippen molar-refractivity contribution in [3.63, 3.8) is 0 Å². The number of carbonyl (C=O) groups is 1. The largest absolute Gasteiger partial charge is 0.496 e. The van der Waals surface area contributed by atoms with E-state index in [4.69, 9.17) is 10.5 Å². The van der Waals surface area contributed by atoms with Crippen molar-refractivity contribution in [1.82, 2.24) is 0 Å². The Labute approximate surface area is 88.0 Å². The van der Waals surface area contributed by atoms with Crippen LogP contribution < -0.4 is 10.5 Å². The van der Waals surface area contributed by atoms with Crippen LogP contribution in [0.15, 0.2) is 12.1 Å². The lowest BCUT2D eigenvalue weighted by molar-refractivity contribution is 0.0967. The van der Waals surface area contributed by atoms with Crippen LogP contribution in [0.2, 0.25) is 0 Å². The molecule has 0 heterocycles. The highest BCUT2D eigenvalue weighted by Crippen LogP contribution is 2.23. The van der Waals surface area contributed by atoms with Crippen molar-refractivity contribution in [2.24, 2.45) is 5.73 Å². The summed E-state index contributed by atoms with van der Waals surface area (Å²) >= 11 is 0. The second-order valence-corrected chi connectivity index (χ2v) is 3.44. The van der Waals surface area contributed by atoms with Gasteiger partial charge in [0.2, 0.25) is 0 Å². The number of Topliss-reactive ketones (excluding diaryl/α,β-unsaturated/α-hetero) is 1. The lowest BCUT2D eigenvalue weighted by Gasteiger charge is -2.09. The Morgan fingerprint density at radius 3 is 2.60 bits per heavy atom. The van der Waals surface area contributed by atoms with Crippen LogP contribution in [0, 0.1) is 12.7 Å². The van der Waals surface area contributed by atoms with E-state index < -0.39 is 11.9 Å². The third-order valence-corrected chi connectivity index (χ3v) is 2.21. The molecule has 0 bridgehead atoms. The fraction of sp³-hybridized carbons (Fsp3) is 0.364. The van der Waals surface area contributed by atoms with E-state index in [1.165, 1.54) is 19.2 Å². The van der Waals surface area contributed by atoms with Crippen molar-refractivity contribution in [3.05, 3.63) is 29.1 Å². The molecular formula is C11H14FNO2. The van der Waals surface area contributed by atoms with Gasteiger partial charge in [0.15, 0.2) is 5.78 Å². The second-order valence-electron chi connectivity index (χ2n) is 3.44. The summed E-state index contributed by atoms with van der Waals surface area (Å²) in [5.74, 6) is -0.399. The van der Waals surface area contributed by atoms with Crippen LogP contribution in [0.25, 0.3) is 0 Å². The monoisotopic (exact) mass is 211 g/mol. The van der Waals surface area contributed by atoms with Gasteiger partial charge in [-0.25, -0.2) is 4.39 Å². The van der Waals surface area contributed by atoms with Gasteiger partial charge in [-0.05, 0) is 26.0 Å². The van der Waals surface area contributed by atoms with Gasteiger partial charge in [0.05, 0.1) is 13.2 Å². The van der Waals surface area contributed by atoms with Gasteiger partial charge in [-0.3, -0.25) is 4.79 Å². The van der Waals surface area contributed by atoms with Gasteiger partial charge >= 0.3 is 0 Å².